The maximum atomic E-state index is 13.5. The summed E-state index contributed by atoms with van der Waals surface area (Å²) in [5, 5.41) is 21.7. The molecule has 0 bridgehead atoms. The molecule has 1 aromatic carbocycles. The van der Waals surface area contributed by atoms with Crippen LogP contribution in [-0.2, 0) is 9.53 Å². The minimum Gasteiger partial charge on any atom is -0.467 e. The highest BCUT2D eigenvalue weighted by Gasteiger charge is 2.27. The van der Waals surface area contributed by atoms with Crippen LogP contribution in [0.5, 0.6) is 0 Å². The number of nitro benzene ring substituents is 1. The van der Waals surface area contributed by atoms with Crippen molar-refractivity contribution in [3.8, 4) is 0 Å². The molecule has 1 atom stereocenters. The lowest BCUT2D eigenvalue weighted by Gasteiger charge is -2.15. The summed E-state index contributed by atoms with van der Waals surface area (Å²) in [6.45, 7) is -0.806. The average Bonchev–Trinajstić information content (AvgIpc) is 2.39. The van der Waals surface area contributed by atoms with Crippen molar-refractivity contribution >= 4 is 17.3 Å². The van der Waals surface area contributed by atoms with Gasteiger partial charge in [-0.1, -0.05) is 0 Å². The molecule has 1 rings (SSSR count). The fraction of sp³-hybridized carbons (Fsp3) is 0.300. The lowest BCUT2D eigenvalue weighted by molar-refractivity contribution is -0.384. The molecule has 1 unspecified atom stereocenters. The molecule has 0 aliphatic carbocycles. The van der Waals surface area contributed by atoms with E-state index in [1.807, 2.05) is 0 Å². The summed E-state index contributed by atoms with van der Waals surface area (Å²) in [5.74, 6) is -3.81. The molecule has 0 heterocycles. The van der Waals surface area contributed by atoms with Gasteiger partial charge >= 0.3 is 5.97 Å². The molecule has 0 aliphatic heterocycles. The number of nitro groups is 1. The zero-order valence-corrected chi connectivity index (χ0v) is 9.72. The SMILES string of the molecule is COC(=O)C(CO)Nc1c([N+](=O)[O-])ccc(F)c1F. The third-order valence-electron chi connectivity index (χ3n) is 2.26. The van der Waals surface area contributed by atoms with E-state index < -0.39 is 46.6 Å². The van der Waals surface area contributed by atoms with Crippen molar-refractivity contribution in [1.29, 1.82) is 0 Å². The summed E-state index contributed by atoms with van der Waals surface area (Å²) in [6.07, 6.45) is 0. The number of carbonyl (C=O) groups is 1. The molecule has 1 aromatic rings. The Labute approximate surface area is 105 Å². The first-order valence-electron chi connectivity index (χ1n) is 5.00. The number of hydrogen-bond donors (Lipinski definition) is 2. The Morgan fingerprint density at radius 1 is 1.58 bits per heavy atom. The summed E-state index contributed by atoms with van der Waals surface area (Å²) < 4.78 is 30.9. The number of aliphatic hydroxyl groups excluding tert-OH is 1. The van der Waals surface area contributed by atoms with Crippen LogP contribution in [0.2, 0.25) is 0 Å². The molecule has 0 saturated carbocycles. The number of rotatable bonds is 5. The van der Waals surface area contributed by atoms with E-state index in [4.69, 9.17) is 5.11 Å². The highest BCUT2D eigenvalue weighted by Crippen LogP contribution is 2.29. The molecule has 0 spiro atoms. The van der Waals surface area contributed by atoms with Crippen LogP contribution in [0.4, 0.5) is 20.2 Å². The molecule has 104 valence electrons. The van der Waals surface area contributed by atoms with Gasteiger partial charge in [0.1, 0.15) is 6.04 Å². The number of ether oxygens (including phenoxy) is 1. The van der Waals surface area contributed by atoms with Gasteiger partial charge in [-0.25, -0.2) is 13.6 Å². The van der Waals surface area contributed by atoms with Gasteiger partial charge in [0.2, 0.25) is 0 Å². The van der Waals surface area contributed by atoms with Crippen molar-refractivity contribution in [2.45, 2.75) is 6.04 Å². The van der Waals surface area contributed by atoms with Crippen molar-refractivity contribution in [1.82, 2.24) is 0 Å². The van der Waals surface area contributed by atoms with Crippen LogP contribution in [-0.4, -0.2) is 35.8 Å². The molecule has 0 aromatic heterocycles. The largest absolute Gasteiger partial charge is 0.467 e. The van der Waals surface area contributed by atoms with E-state index in [0.717, 1.165) is 13.2 Å². The first kappa shape index (κ1) is 14.8. The smallest absolute Gasteiger partial charge is 0.330 e. The van der Waals surface area contributed by atoms with E-state index in [1.54, 1.807) is 0 Å². The van der Waals surface area contributed by atoms with Crippen molar-refractivity contribution in [3.05, 3.63) is 33.9 Å². The molecular weight excluding hydrogens is 266 g/mol. The molecule has 0 aliphatic rings. The standard InChI is InChI=1S/C10H10F2N2O5/c1-19-10(16)6(4-15)13-9-7(14(17)18)3-2-5(11)8(9)12/h2-3,6,13,15H,4H2,1H3. The van der Waals surface area contributed by atoms with Gasteiger partial charge in [-0.2, -0.15) is 0 Å². The Kier molecular flexibility index (Phi) is 4.70. The summed E-state index contributed by atoms with van der Waals surface area (Å²) in [6, 6.07) is -0.114. The predicted molar refractivity (Wildman–Crippen MR) is 59.5 cm³/mol. The van der Waals surface area contributed by atoms with Crippen LogP contribution in [0.1, 0.15) is 0 Å². The lowest BCUT2D eigenvalue weighted by Crippen LogP contribution is -2.34. The van der Waals surface area contributed by atoms with Gasteiger partial charge in [0, 0.05) is 6.07 Å². The Bertz CT molecular complexity index is 509. The summed E-state index contributed by atoms with van der Waals surface area (Å²) in [5.41, 5.74) is -1.59. The number of methoxy groups -OCH3 is 1. The number of benzene rings is 1. The highest BCUT2D eigenvalue weighted by molar-refractivity contribution is 5.80. The molecule has 7 nitrogen and oxygen atoms in total. The molecule has 0 amide bonds. The first-order valence-corrected chi connectivity index (χ1v) is 5.00. The second-order valence-electron chi connectivity index (χ2n) is 3.42. The molecule has 0 radical (unpaired) electrons. The second kappa shape index (κ2) is 6.05. The third kappa shape index (κ3) is 3.13. The van der Waals surface area contributed by atoms with Crippen LogP contribution in [0.3, 0.4) is 0 Å². The summed E-state index contributed by atoms with van der Waals surface area (Å²) in [7, 11) is 1.02. The highest BCUT2D eigenvalue weighted by atomic mass is 19.2. The zero-order chi connectivity index (χ0) is 14.6. The summed E-state index contributed by atoms with van der Waals surface area (Å²) in [4.78, 5) is 20.9. The second-order valence-corrected chi connectivity index (χ2v) is 3.42. The quantitative estimate of drug-likeness (QED) is 0.469. The molecular formula is C10H10F2N2O5. The van der Waals surface area contributed by atoms with Gasteiger partial charge in [0.15, 0.2) is 17.3 Å². The average molecular weight is 276 g/mol. The van der Waals surface area contributed by atoms with E-state index in [9.17, 15) is 23.7 Å². The Hall–Kier alpha value is -2.29. The number of esters is 1. The molecule has 19 heavy (non-hydrogen) atoms. The minimum absolute atomic E-state index is 0.588. The fourth-order valence-corrected chi connectivity index (χ4v) is 1.33. The maximum Gasteiger partial charge on any atom is 0.330 e. The molecule has 0 saturated heterocycles. The third-order valence-corrected chi connectivity index (χ3v) is 2.26. The van der Waals surface area contributed by atoms with Gasteiger partial charge in [0.25, 0.3) is 5.69 Å². The number of anilines is 1. The Balaban J connectivity index is 3.21. The van der Waals surface area contributed by atoms with Crippen LogP contribution in [0.25, 0.3) is 0 Å². The van der Waals surface area contributed by atoms with Gasteiger partial charge in [-0.15, -0.1) is 0 Å². The van der Waals surface area contributed by atoms with Crippen molar-refractivity contribution in [3.63, 3.8) is 0 Å². The van der Waals surface area contributed by atoms with Crippen molar-refractivity contribution in [2.24, 2.45) is 0 Å². The molecule has 9 heteroatoms. The van der Waals surface area contributed by atoms with Gasteiger partial charge in [-0.3, -0.25) is 10.1 Å². The summed E-state index contributed by atoms with van der Waals surface area (Å²) >= 11 is 0. The number of nitrogens with zero attached hydrogens (tertiary/aromatic N) is 1. The van der Waals surface area contributed by atoms with Gasteiger partial charge < -0.3 is 15.2 Å². The van der Waals surface area contributed by atoms with Gasteiger partial charge in [0.05, 0.1) is 18.6 Å². The minimum atomic E-state index is -1.52. The van der Waals surface area contributed by atoms with E-state index in [0.29, 0.717) is 6.07 Å². The number of aliphatic hydroxyl groups is 1. The lowest BCUT2D eigenvalue weighted by atomic mass is 10.2. The monoisotopic (exact) mass is 276 g/mol. The van der Waals surface area contributed by atoms with Crippen molar-refractivity contribution in [2.75, 3.05) is 19.0 Å². The van der Waals surface area contributed by atoms with Crippen molar-refractivity contribution < 1.29 is 28.3 Å². The molecule has 2 N–H and O–H groups in total. The van der Waals surface area contributed by atoms with E-state index >= 15 is 0 Å². The van der Waals surface area contributed by atoms with Gasteiger partial charge in [-0.05, 0) is 6.07 Å². The Morgan fingerprint density at radius 3 is 2.68 bits per heavy atom. The van der Waals surface area contributed by atoms with Crippen LogP contribution in [0, 0.1) is 21.7 Å². The fourth-order valence-electron chi connectivity index (χ4n) is 1.33. The zero-order valence-electron chi connectivity index (χ0n) is 9.72. The van der Waals surface area contributed by atoms with Crippen LogP contribution >= 0.6 is 0 Å². The van der Waals surface area contributed by atoms with E-state index in [2.05, 4.69) is 10.1 Å². The first-order chi connectivity index (χ1) is 8.92. The topological polar surface area (TPSA) is 102 Å². The predicted octanol–water partition coefficient (Wildman–Crippen LogP) is 0.819. The van der Waals surface area contributed by atoms with Crippen LogP contribution < -0.4 is 5.32 Å². The maximum absolute atomic E-state index is 13.5. The van der Waals surface area contributed by atoms with Crippen LogP contribution in [0.15, 0.2) is 12.1 Å². The van der Waals surface area contributed by atoms with E-state index in [1.165, 1.54) is 0 Å². The molecule has 0 fully saturated rings. The number of halogens is 2. The number of hydrogen-bond acceptors (Lipinski definition) is 6. The Morgan fingerprint density at radius 2 is 2.21 bits per heavy atom. The van der Waals surface area contributed by atoms with E-state index in [-0.39, 0.29) is 0 Å². The number of carbonyl (C=O) groups excluding carboxylic acids is 1. The number of nitrogens with one attached hydrogen (secondary N) is 1. The normalized spacial score (nSPS) is 11.8.